The van der Waals surface area contributed by atoms with Gasteiger partial charge in [0.2, 0.25) is 0 Å². The fourth-order valence-corrected chi connectivity index (χ4v) is 2.63. The molecule has 1 fully saturated rings. The zero-order valence-electron chi connectivity index (χ0n) is 13.2. The zero-order chi connectivity index (χ0) is 16.8. The van der Waals surface area contributed by atoms with Crippen LogP contribution in [-0.4, -0.2) is 24.4 Å². The van der Waals surface area contributed by atoms with E-state index in [-0.39, 0.29) is 10.8 Å². The van der Waals surface area contributed by atoms with Gasteiger partial charge < -0.3 is 4.74 Å². The lowest BCUT2D eigenvalue weighted by molar-refractivity contribution is -0.274. The molecule has 0 radical (unpaired) electrons. The molecule has 6 heteroatoms. The van der Waals surface area contributed by atoms with Gasteiger partial charge >= 0.3 is 6.36 Å². The van der Waals surface area contributed by atoms with Gasteiger partial charge in [0.25, 0.3) is 0 Å². The third-order valence-electron chi connectivity index (χ3n) is 3.45. The molecule has 0 saturated carbocycles. The van der Waals surface area contributed by atoms with Crippen molar-refractivity contribution in [3.05, 3.63) is 28.8 Å². The SMILES string of the molecule is CC.CC1CCN(Cc2cc(Cl)cc(OC(F)(F)F)c2)CC1. The Morgan fingerprint density at radius 1 is 1.18 bits per heavy atom. The van der Waals surface area contributed by atoms with Gasteiger partial charge in [-0.3, -0.25) is 4.90 Å². The molecule has 22 heavy (non-hydrogen) atoms. The number of benzene rings is 1. The Labute approximate surface area is 135 Å². The predicted molar refractivity (Wildman–Crippen MR) is 83.2 cm³/mol. The molecule has 0 amide bonds. The second-order valence-corrected chi connectivity index (χ2v) is 5.74. The van der Waals surface area contributed by atoms with Crippen molar-refractivity contribution in [2.75, 3.05) is 13.1 Å². The van der Waals surface area contributed by atoms with Crippen molar-refractivity contribution >= 4 is 11.6 Å². The maximum Gasteiger partial charge on any atom is 0.573 e. The number of alkyl halides is 3. The van der Waals surface area contributed by atoms with Gasteiger partial charge in [-0.2, -0.15) is 0 Å². The van der Waals surface area contributed by atoms with Crippen LogP contribution in [-0.2, 0) is 6.54 Å². The molecule has 0 aromatic heterocycles. The van der Waals surface area contributed by atoms with E-state index in [2.05, 4.69) is 16.6 Å². The van der Waals surface area contributed by atoms with Crippen molar-refractivity contribution in [2.24, 2.45) is 5.92 Å². The van der Waals surface area contributed by atoms with Crippen LogP contribution in [0.5, 0.6) is 5.75 Å². The summed E-state index contributed by atoms with van der Waals surface area (Å²) in [6, 6.07) is 4.26. The number of halogens is 4. The van der Waals surface area contributed by atoms with E-state index >= 15 is 0 Å². The fourth-order valence-electron chi connectivity index (χ4n) is 2.38. The summed E-state index contributed by atoms with van der Waals surface area (Å²) in [7, 11) is 0. The number of likely N-dealkylation sites (tertiary alicyclic amines) is 1. The van der Waals surface area contributed by atoms with Crippen molar-refractivity contribution in [1.29, 1.82) is 0 Å². The molecule has 0 bridgehead atoms. The highest BCUT2D eigenvalue weighted by Gasteiger charge is 2.31. The molecule has 126 valence electrons. The van der Waals surface area contributed by atoms with Crippen LogP contribution < -0.4 is 4.74 Å². The number of nitrogens with zero attached hydrogens (tertiary/aromatic N) is 1. The Morgan fingerprint density at radius 3 is 2.32 bits per heavy atom. The molecule has 1 aromatic rings. The van der Waals surface area contributed by atoms with Crippen LogP contribution >= 0.6 is 11.6 Å². The first kappa shape index (κ1) is 19.1. The van der Waals surface area contributed by atoms with E-state index in [4.69, 9.17) is 11.6 Å². The summed E-state index contributed by atoms with van der Waals surface area (Å²) in [5, 5.41) is 0.257. The monoisotopic (exact) mass is 337 g/mol. The highest BCUT2D eigenvalue weighted by Crippen LogP contribution is 2.28. The Balaban J connectivity index is 0.00000116. The molecule has 1 aliphatic heterocycles. The van der Waals surface area contributed by atoms with Gasteiger partial charge in [-0.05, 0) is 55.6 Å². The molecule has 2 nitrogen and oxygen atoms in total. The number of piperidine rings is 1. The largest absolute Gasteiger partial charge is 0.573 e. The molecule has 2 rings (SSSR count). The first-order chi connectivity index (χ1) is 10.3. The Kier molecular flexibility index (Phi) is 7.49. The topological polar surface area (TPSA) is 12.5 Å². The molecule has 1 aliphatic rings. The van der Waals surface area contributed by atoms with Crippen LogP contribution in [0.15, 0.2) is 18.2 Å². The van der Waals surface area contributed by atoms with Crippen molar-refractivity contribution < 1.29 is 17.9 Å². The van der Waals surface area contributed by atoms with Crippen LogP contribution in [0, 0.1) is 5.92 Å². The average Bonchev–Trinajstić information content (AvgIpc) is 2.41. The third-order valence-corrected chi connectivity index (χ3v) is 3.67. The molecule has 1 aromatic carbocycles. The molecule has 0 N–H and O–H groups in total. The number of ether oxygens (including phenoxy) is 1. The Morgan fingerprint density at radius 2 is 1.77 bits per heavy atom. The van der Waals surface area contributed by atoms with Gasteiger partial charge in [0.05, 0.1) is 0 Å². The smallest absolute Gasteiger partial charge is 0.406 e. The normalized spacial score (nSPS) is 16.9. The van der Waals surface area contributed by atoms with Crippen molar-refractivity contribution in [1.82, 2.24) is 4.90 Å². The van der Waals surface area contributed by atoms with Crippen molar-refractivity contribution in [2.45, 2.75) is 46.5 Å². The summed E-state index contributed by atoms with van der Waals surface area (Å²) < 4.78 is 40.6. The summed E-state index contributed by atoms with van der Waals surface area (Å²) in [5.74, 6) is 0.458. The van der Waals surface area contributed by atoms with Gasteiger partial charge in [-0.1, -0.05) is 32.4 Å². The number of rotatable bonds is 3. The number of hydrogen-bond donors (Lipinski definition) is 0. The van der Waals surface area contributed by atoms with Gasteiger partial charge in [-0.15, -0.1) is 13.2 Å². The summed E-state index contributed by atoms with van der Waals surface area (Å²) in [6.07, 6.45) is -2.46. The summed E-state index contributed by atoms with van der Waals surface area (Å²) >= 11 is 5.85. The molecule has 0 unspecified atom stereocenters. The highest BCUT2D eigenvalue weighted by molar-refractivity contribution is 6.30. The second kappa shape index (κ2) is 8.63. The first-order valence-corrected chi connectivity index (χ1v) is 7.97. The van der Waals surface area contributed by atoms with E-state index in [1.165, 1.54) is 12.1 Å². The van der Waals surface area contributed by atoms with Gasteiger partial charge in [0, 0.05) is 11.6 Å². The predicted octanol–water partition coefficient (Wildman–Crippen LogP) is 5.50. The lowest BCUT2D eigenvalue weighted by Gasteiger charge is -2.30. The molecule has 1 heterocycles. The van der Waals surface area contributed by atoms with E-state index in [0.29, 0.717) is 6.54 Å². The van der Waals surface area contributed by atoms with Crippen LogP contribution in [0.2, 0.25) is 5.02 Å². The van der Waals surface area contributed by atoms with E-state index in [0.717, 1.165) is 37.4 Å². The summed E-state index contributed by atoms with van der Waals surface area (Å²) in [4.78, 5) is 2.23. The van der Waals surface area contributed by atoms with Gasteiger partial charge in [0.15, 0.2) is 0 Å². The standard InChI is InChI=1S/C14H17ClF3NO.C2H6/c1-10-2-4-19(5-3-10)9-11-6-12(15)8-13(7-11)20-14(16,17)18;1-2/h6-8,10H,2-5,9H2,1H3;1-2H3. The average molecular weight is 338 g/mol. The lowest BCUT2D eigenvalue weighted by Crippen LogP contribution is -2.32. The molecular weight excluding hydrogens is 315 g/mol. The molecule has 0 spiro atoms. The third kappa shape index (κ3) is 6.88. The van der Waals surface area contributed by atoms with Gasteiger partial charge in [-0.25, -0.2) is 0 Å². The van der Waals surface area contributed by atoms with E-state index in [9.17, 15) is 13.2 Å². The van der Waals surface area contributed by atoms with Crippen LogP contribution in [0.1, 0.15) is 39.2 Å². The number of hydrogen-bond acceptors (Lipinski definition) is 2. The van der Waals surface area contributed by atoms with E-state index < -0.39 is 6.36 Å². The minimum absolute atomic E-state index is 0.257. The second-order valence-electron chi connectivity index (χ2n) is 5.30. The maximum atomic E-state index is 12.2. The maximum absolute atomic E-state index is 12.2. The molecule has 1 saturated heterocycles. The lowest BCUT2D eigenvalue weighted by atomic mass is 9.99. The molecular formula is C16H23ClF3NO. The molecule has 0 aliphatic carbocycles. The van der Waals surface area contributed by atoms with Crippen LogP contribution in [0.3, 0.4) is 0 Å². The Bertz CT molecular complexity index is 457. The van der Waals surface area contributed by atoms with E-state index in [1.807, 2.05) is 13.8 Å². The fraction of sp³-hybridized carbons (Fsp3) is 0.625. The van der Waals surface area contributed by atoms with Crippen LogP contribution in [0.25, 0.3) is 0 Å². The minimum atomic E-state index is -4.69. The summed E-state index contributed by atoms with van der Waals surface area (Å²) in [6.45, 7) is 8.74. The van der Waals surface area contributed by atoms with Gasteiger partial charge in [0.1, 0.15) is 5.75 Å². The Hall–Kier alpha value is -0.940. The quantitative estimate of drug-likeness (QED) is 0.722. The first-order valence-electron chi connectivity index (χ1n) is 7.59. The molecule has 0 atom stereocenters. The van der Waals surface area contributed by atoms with Crippen LogP contribution in [0.4, 0.5) is 13.2 Å². The summed E-state index contributed by atoms with van der Waals surface area (Å²) in [5.41, 5.74) is 0.742. The van der Waals surface area contributed by atoms with Crippen molar-refractivity contribution in [3.63, 3.8) is 0 Å². The minimum Gasteiger partial charge on any atom is -0.406 e. The van der Waals surface area contributed by atoms with E-state index in [1.54, 1.807) is 6.07 Å². The van der Waals surface area contributed by atoms with Crippen molar-refractivity contribution in [3.8, 4) is 5.75 Å². The highest BCUT2D eigenvalue weighted by atomic mass is 35.5. The zero-order valence-corrected chi connectivity index (χ0v) is 14.0.